The second-order valence-electron chi connectivity index (χ2n) is 8.00. The van der Waals surface area contributed by atoms with Crippen LogP contribution in [-0.4, -0.2) is 12.6 Å². The number of carbonyl (C=O) groups excluding carboxylic acids is 1. The fourth-order valence-electron chi connectivity index (χ4n) is 3.59. The van der Waals surface area contributed by atoms with Gasteiger partial charge in [-0.25, -0.2) is 4.79 Å². The molecule has 0 aromatic heterocycles. The molecule has 0 aromatic rings. The van der Waals surface area contributed by atoms with E-state index >= 15 is 0 Å². The van der Waals surface area contributed by atoms with Gasteiger partial charge in [0.1, 0.15) is 0 Å². The second kappa shape index (κ2) is 21.5. The van der Waals surface area contributed by atoms with Crippen LogP contribution in [0.3, 0.4) is 0 Å². The van der Waals surface area contributed by atoms with Gasteiger partial charge >= 0.3 is 5.97 Å². The fraction of sp³-hybridized carbons (Fsp3) is 0.880. The number of ether oxygens (including phenoxy) is 1. The van der Waals surface area contributed by atoms with Gasteiger partial charge in [0.2, 0.25) is 0 Å². The summed E-state index contributed by atoms with van der Waals surface area (Å²) in [4.78, 5) is 11.8. The van der Waals surface area contributed by atoms with Crippen molar-refractivity contribution in [3.05, 3.63) is 11.6 Å². The molecule has 0 aliphatic heterocycles. The molecular weight excluding hydrogens is 332 g/mol. The number of hydrogen-bond acceptors (Lipinski definition) is 2. The number of rotatable bonds is 20. The van der Waals surface area contributed by atoms with E-state index < -0.39 is 0 Å². The molecule has 2 nitrogen and oxygen atoms in total. The van der Waals surface area contributed by atoms with E-state index in [9.17, 15) is 4.79 Å². The van der Waals surface area contributed by atoms with Crippen LogP contribution in [0, 0.1) is 0 Å². The van der Waals surface area contributed by atoms with Crippen LogP contribution in [0.2, 0.25) is 0 Å². The van der Waals surface area contributed by atoms with E-state index in [-0.39, 0.29) is 5.97 Å². The quantitative estimate of drug-likeness (QED) is 0.120. The average Bonchev–Trinajstić information content (AvgIpc) is 2.66. The maximum atomic E-state index is 11.8. The molecule has 0 aliphatic rings. The SMILES string of the molecule is CCCCCCCCCCC(=CC(=O)OCC)CCCCCCCCCC. The molecule has 160 valence electrons. The third-order valence-corrected chi connectivity index (χ3v) is 5.31. The highest BCUT2D eigenvalue weighted by Crippen LogP contribution is 2.19. The van der Waals surface area contributed by atoms with Crippen molar-refractivity contribution < 1.29 is 9.53 Å². The number of esters is 1. The Labute approximate surface area is 170 Å². The zero-order valence-electron chi connectivity index (χ0n) is 18.8. The predicted octanol–water partition coefficient (Wildman–Crippen LogP) is 8.54. The van der Waals surface area contributed by atoms with Crippen molar-refractivity contribution in [2.24, 2.45) is 0 Å². The molecule has 27 heavy (non-hydrogen) atoms. The summed E-state index contributed by atoms with van der Waals surface area (Å²) in [7, 11) is 0. The van der Waals surface area contributed by atoms with E-state index in [0.717, 1.165) is 12.8 Å². The smallest absolute Gasteiger partial charge is 0.330 e. The molecule has 0 aromatic carbocycles. The molecular formula is C25H48O2. The molecule has 0 fully saturated rings. The Morgan fingerprint density at radius 1 is 0.593 bits per heavy atom. The summed E-state index contributed by atoms with van der Waals surface area (Å²) in [6.45, 7) is 6.88. The molecule has 0 amide bonds. The molecule has 0 aliphatic carbocycles. The van der Waals surface area contributed by atoms with E-state index in [1.807, 2.05) is 6.92 Å². The summed E-state index contributed by atoms with van der Waals surface area (Å²) in [5.74, 6) is -0.147. The van der Waals surface area contributed by atoms with Crippen LogP contribution >= 0.6 is 0 Å². The largest absolute Gasteiger partial charge is 0.463 e. The fourth-order valence-corrected chi connectivity index (χ4v) is 3.59. The molecule has 0 saturated carbocycles. The first-order valence-corrected chi connectivity index (χ1v) is 12.1. The van der Waals surface area contributed by atoms with Crippen LogP contribution in [0.5, 0.6) is 0 Å². The number of hydrogen-bond donors (Lipinski definition) is 0. The van der Waals surface area contributed by atoms with Crippen LogP contribution in [0.25, 0.3) is 0 Å². The Bertz CT molecular complexity index is 324. The van der Waals surface area contributed by atoms with E-state index in [1.165, 1.54) is 108 Å². The molecule has 0 radical (unpaired) electrons. The molecule has 0 heterocycles. The summed E-state index contributed by atoms with van der Waals surface area (Å²) in [6, 6.07) is 0. The minimum Gasteiger partial charge on any atom is -0.463 e. The third kappa shape index (κ3) is 19.8. The third-order valence-electron chi connectivity index (χ3n) is 5.31. The Kier molecular flexibility index (Phi) is 20.9. The van der Waals surface area contributed by atoms with Gasteiger partial charge < -0.3 is 4.74 Å². The summed E-state index contributed by atoms with van der Waals surface area (Å²) in [6.07, 6.45) is 25.3. The van der Waals surface area contributed by atoms with Gasteiger partial charge in [-0.2, -0.15) is 0 Å². The van der Waals surface area contributed by atoms with Crippen LogP contribution < -0.4 is 0 Å². The molecule has 0 bridgehead atoms. The van der Waals surface area contributed by atoms with Crippen LogP contribution in [0.15, 0.2) is 11.6 Å². The zero-order valence-corrected chi connectivity index (χ0v) is 18.8. The van der Waals surface area contributed by atoms with Gasteiger partial charge in [0.15, 0.2) is 0 Å². The Balaban J connectivity index is 3.93. The highest BCUT2D eigenvalue weighted by Gasteiger charge is 2.04. The van der Waals surface area contributed by atoms with Crippen molar-refractivity contribution in [1.29, 1.82) is 0 Å². The Morgan fingerprint density at radius 3 is 1.33 bits per heavy atom. The van der Waals surface area contributed by atoms with Gasteiger partial charge in [0.05, 0.1) is 6.61 Å². The lowest BCUT2D eigenvalue weighted by Gasteiger charge is -2.08. The standard InChI is InChI=1S/C25H48O2/c1-4-7-9-11-13-15-17-19-21-24(23-25(26)27-6-3)22-20-18-16-14-12-10-8-5-2/h23H,4-22H2,1-3H3. The molecule has 0 N–H and O–H groups in total. The van der Waals surface area contributed by atoms with Crippen molar-refractivity contribution >= 4 is 5.97 Å². The number of carbonyl (C=O) groups is 1. The van der Waals surface area contributed by atoms with Gasteiger partial charge in [-0.1, -0.05) is 109 Å². The zero-order chi connectivity index (χ0) is 20.0. The Hall–Kier alpha value is -0.790. The normalized spacial score (nSPS) is 10.8. The maximum absolute atomic E-state index is 11.8. The van der Waals surface area contributed by atoms with Gasteiger partial charge in [0, 0.05) is 6.08 Å². The summed E-state index contributed by atoms with van der Waals surface area (Å²) in [5, 5.41) is 0. The van der Waals surface area contributed by atoms with E-state index in [1.54, 1.807) is 6.08 Å². The molecule has 0 saturated heterocycles. The molecule has 0 atom stereocenters. The predicted molar refractivity (Wildman–Crippen MR) is 119 cm³/mol. The molecule has 0 spiro atoms. The highest BCUT2D eigenvalue weighted by molar-refractivity contribution is 5.82. The van der Waals surface area contributed by atoms with E-state index in [4.69, 9.17) is 4.74 Å². The molecule has 0 rings (SSSR count). The molecule has 0 unspecified atom stereocenters. The van der Waals surface area contributed by atoms with Crippen LogP contribution in [0.4, 0.5) is 0 Å². The van der Waals surface area contributed by atoms with E-state index in [2.05, 4.69) is 13.8 Å². The summed E-state index contributed by atoms with van der Waals surface area (Å²) < 4.78 is 5.12. The first-order chi connectivity index (χ1) is 13.2. The van der Waals surface area contributed by atoms with E-state index in [0.29, 0.717) is 6.61 Å². The average molecular weight is 381 g/mol. The van der Waals surface area contributed by atoms with Gasteiger partial charge in [-0.15, -0.1) is 0 Å². The second-order valence-corrected chi connectivity index (χ2v) is 8.00. The van der Waals surface area contributed by atoms with Crippen molar-refractivity contribution in [3.8, 4) is 0 Å². The van der Waals surface area contributed by atoms with Gasteiger partial charge in [-0.3, -0.25) is 0 Å². The van der Waals surface area contributed by atoms with Crippen LogP contribution in [0.1, 0.15) is 136 Å². The highest BCUT2D eigenvalue weighted by atomic mass is 16.5. The van der Waals surface area contributed by atoms with Crippen molar-refractivity contribution in [2.45, 2.75) is 136 Å². The summed E-state index contributed by atoms with van der Waals surface area (Å²) in [5.41, 5.74) is 1.31. The minimum absolute atomic E-state index is 0.147. The Morgan fingerprint density at radius 2 is 0.963 bits per heavy atom. The van der Waals surface area contributed by atoms with Gasteiger partial charge in [-0.05, 0) is 32.6 Å². The summed E-state index contributed by atoms with van der Waals surface area (Å²) >= 11 is 0. The van der Waals surface area contributed by atoms with Crippen LogP contribution in [-0.2, 0) is 9.53 Å². The lowest BCUT2D eigenvalue weighted by atomic mass is 9.99. The number of unbranched alkanes of at least 4 members (excludes halogenated alkanes) is 14. The van der Waals surface area contributed by atoms with Gasteiger partial charge in [0.25, 0.3) is 0 Å². The van der Waals surface area contributed by atoms with Crippen molar-refractivity contribution in [1.82, 2.24) is 0 Å². The lowest BCUT2D eigenvalue weighted by Crippen LogP contribution is -2.01. The first-order valence-electron chi connectivity index (χ1n) is 12.1. The first kappa shape index (κ1) is 26.2. The maximum Gasteiger partial charge on any atom is 0.330 e. The monoisotopic (exact) mass is 380 g/mol. The minimum atomic E-state index is -0.147. The number of allylic oxidation sites excluding steroid dienone is 1. The van der Waals surface area contributed by atoms with Crippen molar-refractivity contribution in [2.75, 3.05) is 6.61 Å². The topological polar surface area (TPSA) is 26.3 Å². The molecule has 2 heteroatoms. The lowest BCUT2D eigenvalue weighted by molar-refractivity contribution is -0.137. The van der Waals surface area contributed by atoms with Crippen molar-refractivity contribution in [3.63, 3.8) is 0 Å².